The van der Waals surface area contributed by atoms with Crippen LogP contribution in [0.25, 0.3) is 0 Å². The van der Waals surface area contributed by atoms with Crippen molar-refractivity contribution in [2.75, 3.05) is 38.7 Å². The lowest BCUT2D eigenvalue weighted by Gasteiger charge is -2.14. The molecule has 4 nitrogen and oxygen atoms in total. The second-order valence-corrected chi connectivity index (χ2v) is 5.96. The van der Waals surface area contributed by atoms with Crippen LogP contribution in [0.4, 0.5) is 0 Å². The summed E-state index contributed by atoms with van der Waals surface area (Å²) in [4.78, 5) is 2.20. The minimum Gasteiger partial charge on any atom is -0.316 e. The summed E-state index contributed by atoms with van der Waals surface area (Å²) in [6, 6.07) is 0.541. The van der Waals surface area contributed by atoms with Crippen LogP contribution in [0.5, 0.6) is 0 Å². The fourth-order valence-electron chi connectivity index (χ4n) is 1.57. The van der Waals surface area contributed by atoms with Crippen molar-refractivity contribution in [3.8, 4) is 0 Å². The van der Waals surface area contributed by atoms with Crippen LogP contribution in [-0.4, -0.2) is 58.1 Å². The van der Waals surface area contributed by atoms with E-state index in [4.69, 9.17) is 0 Å². The molecular formula is C8H18N2O2S. The monoisotopic (exact) mass is 206 g/mol. The average Bonchev–Trinajstić information content (AvgIpc) is 2.47. The average molecular weight is 206 g/mol. The van der Waals surface area contributed by atoms with Crippen LogP contribution >= 0.6 is 0 Å². The third-order valence-electron chi connectivity index (χ3n) is 2.46. The van der Waals surface area contributed by atoms with E-state index >= 15 is 0 Å². The van der Waals surface area contributed by atoms with Gasteiger partial charge in [-0.05, 0) is 20.0 Å². The molecule has 0 aliphatic carbocycles. The maximum atomic E-state index is 10.9. The zero-order valence-electron chi connectivity index (χ0n) is 8.28. The van der Waals surface area contributed by atoms with Gasteiger partial charge in [0.15, 0.2) is 0 Å². The van der Waals surface area contributed by atoms with Gasteiger partial charge in [0.25, 0.3) is 0 Å². The number of nitrogens with zero attached hydrogens (tertiary/aromatic N) is 1. The number of hydrogen-bond donors (Lipinski definition) is 1. The lowest BCUT2D eigenvalue weighted by atomic mass is 10.3. The Morgan fingerprint density at radius 2 is 2.23 bits per heavy atom. The Morgan fingerprint density at radius 1 is 1.54 bits per heavy atom. The quantitative estimate of drug-likeness (QED) is 0.662. The molecule has 1 fully saturated rings. The molecule has 1 aliphatic heterocycles. The lowest BCUT2D eigenvalue weighted by molar-refractivity contribution is 0.349. The summed E-state index contributed by atoms with van der Waals surface area (Å²) < 4.78 is 21.8. The van der Waals surface area contributed by atoms with Gasteiger partial charge in [0.1, 0.15) is 9.84 Å². The molecule has 0 radical (unpaired) electrons. The molecule has 0 aromatic carbocycles. The third-order valence-corrected chi connectivity index (χ3v) is 3.38. The molecule has 0 saturated carbocycles. The summed E-state index contributed by atoms with van der Waals surface area (Å²) in [6.45, 7) is 2.67. The Morgan fingerprint density at radius 3 is 2.69 bits per heavy atom. The molecule has 1 unspecified atom stereocenters. The van der Waals surface area contributed by atoms with Gasteiger partial charge in [-0.25, -0.2) is 8.42 Å². The molecule has 78 valence electrons. The first kappa shape index (κ1) is 10.9. The molecule has 1 atom stereocenters. The molecule has 0 bridgehead atoms. The van der Waals surface area contributed by atoms with Gasteiger partial charge in [-0.3, -0.25) is 0 Å². The second-order valence-electron chi connectivity index (χ2n) is 3.70. The molecule has 0 amide bonds. The third kappa shape index (κ3) is 4.06. The Hall–Kier alpha value is -0.130. The van der Waals surface area contributed by atoms with Crippen molar-refractivity contribution in [3.05, 3.63) is 0 Å². The lowest BCUT2D eigenvalue weighted by Crippen LogP contribution is -2.32. The van der Waals surface area contributed by atoms with Gasteiger partial charge in [0.05, 0.1) is 5.75 Å². The first-order chi connectivity index (χ1) is 6.01. The fourth-order valence-corrected chi connectivity index (χ4v) is 2.16. The van der Waals surface area contributed by atoms with E-state index in [1.54, 1.807) is 0 Å². The summed E-state index contributed by atoms with van der Waals surface area (Å²) in [5.74, 6) is 0.281. The summed E-state index contributed by atoms with van der Waals surface area (Å²) >= 11 is 0. The standard InChI is InChI=1S/C8H18N2O2S/c1-9-8-3-4-10(7-8)5-6-13(2,11)12/h8-9H,3-7H2,1-2H3. The normalized spacial score (nSPS) is 25.2. The molecule has 1 N–H and O–H groups in total. The SMILES string of the molecule is CNC1CCN(CCS(C)(=O)=O)C1. The van der Waals surface area contributed by atoms with E-state index in [2.05, 4.69) is 10.2 Å². The Kier molecular flexibility index (Phi) is 3.70. The first-order valence-electron chi connectivity index (χ1n) is 4.58. The van der Waals surface area contributed by atoms with E-state index in [1.165, 1.54) is 6.26 Å². The maximum Gasteiger partial charge on any atom is 0.148 e. The van der Waals surface area contributed by atoms with Crippen molar-refractivity contribution in [1.29, 1.82) is 0 Å². The van der Waals surface area contributed by atoms with Gasteiger partial charge in [-0.2, -0.15) is 0 Å². The summed E-state index contributed by atoms with van der Waals surface area (Å²) in [6.07, 6.45) is 2.42. The van der Waals surface area contributed by atoms with Gasteiger partial charge >= 0.3 is 0 Å². The van der Waals surface area contributed by atoms with Crippen molar-refractivity contribution in [1.82, 2.24) is 10.2 Å². The largest absolute Gasteiger partial charge is 0.316 e. The van der Waals surface area contributed by atoms with Gasteiger partial charge < -0.3 is 10.2 Å². The van der Waals surface area contributed by atoms with Crippen molar-refractivity contribution in [2.45, 2.75) is 12.5 Å². The molecule has 1 heterocycles. The van der Waals surface area contributed by atoms with Crippen LogP contribution in [0.1, 0.15) is 6.42 Å². The summed E-state index contributed by atoms with van der Waals surface area (Å²) in [7, 11) is -0.849. The first-order valence-corrected chi connectivity index (χ1v) is 6.64. The highest BCUT2D eigenvalue weighted by Gasteiger charge is 2.21. The maximum absolute atomic E-state index is 10.9. The summed E-state index contributed by atoms with van der Waals surface area (Å²) in [5, 5.41) is 3.20. The number of hydrogen-bond acceptors (Lipinski definition) is 4. The van der Waals surface area contributed by atoms with Gasteiger partial charge in [0.2, 0.25) is 0 Å². The highest BCUT2D eigenvalue weighted by Crippen LogP contribution is 2.07. The highest BCUT2D eigenvalue weighted by molar-refractivity contribution is 7.90. The molecule has 0 spiro atoms. The van der Waals surface area contributed by atoms with Crippen LogP contribution in [-0.2, 0) is 9.84 Å². The van der Waals surface area contributed by atoms with Crippen molar-refractivity contribution < 1.29 is 8.42 Å². The van der Waals surface area contributed by atoms with Gasteiger partial charge in [-0.15, -0.1) is 0 Å². The molecular weight excluding hydrogens is 188 g/mol. The molecule has 13 heavy (non-hydrogen) atoms. The van der Waals surface area contributed by atoms with E-state index in [1.807, 2.05) is 7.05 Å². The highest BCUT2D eigenvalue weighted by atomic mass is 32.2. The fraction of sp³-hybridized carbons (Fsp3) is 1.00. The van der Waals surface area contributed by atoms with Crippen LogP contribution < -0.4 is 5.32 Å². The Labute approximate surface area is 80.2 Å². The number of rotatable bonds is 4. The number of likely N-dealkylation sites (N-methyl/N-ethyl adjacent to an activating group) is 1. The van der Waals surface area contributed by atoms with Crippen LogP contribution in [0, 0.1) is 0 Å². The number of likely N-dealkylation sites (tertiary alicyclic amines) is 1. The van der Waals surface area contributed by atoms with Crippen molar-refractivity contribution in [2.24, 2.45) is 0 Å². The molecule has 0 aromatic heterocycles. The molecule has 1 aliphatic rings. The predicted molar refractivity (Wildman–Crippen MR) is 53.6 cm³/mol. The van der Waals surface area contributed by atoms with Gasteiger partial charge in [-0.1, -0.05) is 0 Å². The topological polar surface area (TPSA) is 49.4 Å². The second kappa shape index (κ2) is 4.39. The molecule has 1 saturated heterocycles. The minimum atomic E-state index is -2.80. The molecule has 1 rings (SSSR count). The Balaban J connectivity index is 2.25. The van der Waals surface area contributed by atoms with Crippen molar-refractivity contribution in [3.63, 3.8) is 0 Å². The Bertz CT molecular complexity index is 251. The number of nitrogens with one attached hydrogen (secondary N) is 1. The summed E-state index contributed by atoms with van der Waals surface area (Å²) in [5.41, 5.74) is 0. The molecule has 5 heteroatoms. The smallest absolute Gasteiger partial charge is 0.148 e. The van der Waals surface area contributed by atoms with Crippen LogP contribution in [0.15, 0.2) is 0 Å². The zero-order valence-corrected chi connectivity index (χ0v) is 9.10. The van der Waals surface area contributed by atoms with E-state index in [-0.39, 0.29) is 5.75 Å². The van der Waals surface area contributed by atoms with E-state index < -0.39 is 9.84 Å². The van der Waals surface area contributed by atoms with Gasteiger partial charge in [0, 0.05) is 25.4 Å². The number of sulfone groups is 1. The van der Waals surface area contributed by atoms with Crippen LogP contribution in [0.2, 0.25) is 0 Å². The zero-order chi connectivity index (χ0) is 9.90. The van der Waals surface area contributed by atoms with E-state index in [0.29, 0.717) is 12.6 Å². The van der Waals surface area contributed by atoms with Crippen LogP contribution in [0.3, 0.4) is 0 Å². The predicted octanol–water partition coefficient (Wildman–Crippen LogP) is -0.675. The van der Waals surface area contributed by atoms with E-state index in [9.17, 15) is 8.42 Å². The van der Waals surface area contributed by atoms with Crippen molar-refractivity contribution >= 4 is 9.84 Å². The van der Waals surface area contributed by atoms with E-state index in [0.717, 1.165) is 19.5 Å². The minimum absolute atomic E-state index is 0.281. The molecule has 0 aromatic rings.